The summed E-state index contributed by atoms with van der Waals surface area (Å²) in [5.74, 6) is -0.105. The average molecular weight is 324 g/mol. The molecule has 2 aromatic carbocycles. The van der Waals surface area contributed by atoms with Crippen molar-refractivity contribution in [3.8, 4) is 0 Å². The first-order valence-electron chi connectivity index (χ1n) is 8.51. The molecule has 2 nitrogen and oxygen atoms in total. The standard InChI is InChI=1S/C22H28O2/c1-14-10-15(21(2,3)4)12-18-17(14)11-16(22(5,6)7)13-19(18)20(24)8-9-23/h9-13H,8H2,1-7H3. The third-order valence-corrected chi connectivity index (χ3v) is 4.58. The first-order chi connectivity index (χ1) is 10.9. The molecule has 0 unspecified atom stereocenters. The minimum absolute atomic E-state index is 0.00657. The molecule has 2 heteroatoms. The predicted molar refractivity (Wildman–Crippen MR) is 101 cm³/mol. The van der Waals surface area contributed by atoms with E-state index >= 15 is 0 Å². The molecule has 0 amide bonds. The van der Waals surface area contributed by atoms with Crippen molar-refractivity contribution in [3.05, 3.63) is 46.5 Å². The number of rotatable bonds is 3. The highest BCUT2D eigenvalue weighted by Gasteiger charge is 2.22. The van der Waals surface area contributed by atoms with Gasteiger partial charge in [-0.25, -0.2) is 0 Å². The summed E-state index contributed by atoms with van der Waals surface area (Å²) in [5.41, 5.74) is 4.11. The third kappa shape index (κ3) is 3.58. The average Bonchev–Trinajstić information content (AvgIpc) is 2.44. The normalized spacial score (nSPS) is 12.5. The van der Waals surface area contributed by atoms with Crippen molar-refractivity contribution in [3.63, 3.8) is 0 Å². The van der Waals surface area contributed by atoms with Crippen LogP contribution in [-0.2, 0) is 15.6 Å². The van der Waals surface area contributed by atoms with Gasteiger partial charge in [0.1, 0.15) is 6.29 Å². The van der Waals surface area contributed by atoms with E-state index in [1.807, 2.05) is 6.07 Å². The molecule has 0 aliphatic heterocycles. The number of carbonyl (C=O) groups excluding carboxylic acids is 2. The van der Waals surface area contributed by atoms with Crippen LogP contribution in [0.1, 0.15) is 75.0 Å². The molecular formula is C22H28O2. The van der Waals surface area contributed by atoms with Crippen molar-refractivity contribution < 1.29 is 9.59 Å². The molecule has 0 aromatic heterocycles. The zero-order valence-corrected chi connectivity index (χ0v) is 15.9. The number of carbonyl (C=O) groups is 2. The quantitative estimate of drug-likeness (QED) is 0.423. The van der Waals surface area contributed by atoms with Crippen LogP contribution in [0.4, 0.5) is 0 Å². The van der Waals surface area contributed by atoms with Crippen molar-refractivity contribution in [2.75, 3.05) is 0 Å². The first-order valence-corrected chi connectivity index (χ1v) is 8.51. The van der Waals surface area contributed by atoms with Gasteiger partial charge in [0, 0.05) is 5.56 Å². The number of ketones is 1. The van der Waals surface area contributed by atoms with Gasteiger partial charge in [-0.1, -0.05) is 53.7 Å². The van der Waals surface area contributed by atoms with Crippen molar-refractivity contribution in [1.29, 1.82) is 0 Å². The third-order valence-electron chi connectivity index (χ3n) is 4.58. The van der Waals surface area contributed by atoms with Gasteiger partial charge >= 0.3 is 0 Å². The largest absolute Gasteiger partial charge is 0.303 e. The molecule has 2 rings (SSSR count). The fraction of sp³-hybridized carbons (Fsp3) is 0.455. The molecule has 0 aliphatic rings. The smallest absolute Gasteiger partial charge is 0.170 e. The molecule has 0 fully saturated rings. The number of hydrogen-bond acceptors (Lipinski definition) is 2. The summed E-state index contributed by atoms with van der Waals surface area (Å²) < 4.78 is 0. The molecule has 0 bridgehead atoms. The molecule has 0 N–H and O–H groups in total. The maximum atomic E-state index is 12.6. The summed E-state index contributed by atoms with van der Waals surface area (Å²) in [4.78, 5) is 23.5. The van der Waals surface area contributed by atoms with E-state index in [9.17, 15) is 9.59 Å². The highest BCUT2D eigenvalue weighted by Crippen LogP contribution is 2.34. The van der Waals surface area contributed by atoms with E-state index < -0.39 is 0 Å². The number of aldehydes is 1. The van der Waals surface area contributed by atoms with E-state index in [-0.39, 0.29) is 23.0 Å². The molecule has 24 heavy (non-hydrogen) atoms. The zero-order valence-electron chi connectivity index (χ0n) is 15.9. The van der Waals surface area contributed by atoms with E-state index in [1.165, 1.54) is 11.1 Å². The summed E-state index contributed by atoms with van der Waals surface area (Å²) in [6.07, 6.45) is 0.625. The Labute approximate surface area is 145 Å². The first kappa shape index (κ1) is 18.4. The lowest BCUT2D eigenvalue weighted by atomic mass is 9.80. The highest BCUT2D eigenvalue weighted by atomic mass is 16.1. The van der Waals surface area contributed by atoms with Gasteiger partial charge in [0.15, 0.2) is 5.78 Å². The van der Waals surface area contributed by atoms with Gasteiger partial charge in [0.05, 0.1) is 6.42 Å². The Hall–Kier alpha value is -1.96. The number of aryl methyl sites for hydroxylation is 1. The van der Waals surface area contributed by atoms with Gasteiger partial charge < -0.3 is 4.79 Å². The van der Waals surface area contributed by atoms with E-state index in [0.29, 0.717) is 11.8 Å². The summed E-state index contributed by atoms with van der Waals surface area (Å²) in [7, 11) is 0. The van der Waals surface area contributed by atoms with Crippen LogP contribution in [-0.4, -0.2) is 12.1 Å². The Balaban J connectivity index is 2.89. The van der Waals surface area contributed by atoms with Crippen molar-refractivity contribution in [2.45, 2.75) is 65.7 Å². The van der Waals surface area contributed by atoms with Crippen molar-refractivity contribution >= 4 is 22.8 Å². The van der Waals surface area contributed by atoms with Gasteiger partial charge in [-0.15, -0.1) is 0 Å². The van der Waals surface area contributed by atoms with Crippen LogP contribution in [0, 0.1) is 6.92 Å². The van der Waals surface area contributed by atoms with Crippen LogP contribution in [0.15, 0.2) is 24.3 Å². The second kappa shape index (κ2) is 6.16. The summed E-state index contributed by atoms with van der Waals surface area (Å²) in [5, 5.41) is 2.06. The molecule has 0 heterocycles. The van der Waals surface area contributed by atoms with Crippen molar-refractivity contribution in [2.24, 2.45) is 0 Å². The van der Waals surface area contributed by atoms with Gasteiger partial charge in [0.25, 0.3) is 0 Å². The molecular weight excluding hydrogens is 296 g/mol. The Morgan fingerprint density at radius 1 is 0.875 bits per heavy atom. The van der Waals surface area contributed by atoms with Crippen molar-refractivity contribution in [1.82, 2.24) is 0 Å². The minimum atomic E-state index is -0.105. The van der Waals surface area contributed by atoms with Crippen LogP contribution in [0.25, 0.3) is 10.8 Å². The highest BCUT2D eigenvalue weighted by molar-refractivity contribution is 6.12. The maximum Gasteiger partial charge on any atom is 0.170 e. The number of hydrogen-bond donors (Lipinski definition) is 0. The van der Waals surface area contributed by atoms with Crippen LogP contribution < -0.4 is 0 Å². The fourth-order valence-corrected chi connectivity index (χ4v) is 2.93. The second-order valence-electron chi connectivity index (χ2n) is 8.71. The molecule has 128 valence electrons. The fourth-order valence-electron chi connectivity index (χ4n) is 2.93. The lowest BCUT2D eigenvalue weighted by Gasteiger charge is -2.24. The van der Waals surface area contributed by atoms with Crippen LogP contribution in [0.2, 0.25) is 0 Å². The Bertz CT molecular complexity index is 799. The molecule has 0 aliphatic carbocycles. The molecule has 0 saturated heterocycles. The Kier molecular flexibility index (Phi) is 4.72. The van der Waals surface area contributed by atoms with Gasteiger partial charge in [0.2, 0.25) is 0 Å². The van der Waals surface area contributed by atoms with Crippen LogP contribution in [0.3, 0.4) is 0 Å². The van der Waals surface area contributed by atoms with Gasteiger partial charge in [-0.05, 0) is 57.3 Å². The summed E-state index contributed by atoms with van der Waals surface area (Å²) in [6.45, 7) is 15.0. The molecule has 2 aromatic rings. The number of Topliss-reactive ketones (excluding diaryl/α,β-unsaturated/α-hetero) is 1. The van der Waals surface area contributed by atoms with Gasteiger partial charge in [-0.3, -0.25) is 4.79 Å². The Morgan fingerprint density at radius 3 is 1.88 bits per heavy atom. The van der Waals surface area contributed by atoms with E-state index in [2.05, 4.69) is 66.7 Å². The van der Waals surface area contributed by atoms with E-state index in [0.717, 1.165) is 16.3 Å². The SMILES string of the molecule is Cc1cc(C(C)(C)C)cc2c(C(=O)CC=O)cc(C(C)(C)C)cc12. The molecule has 0 radical (unpaired) electrons. The topological polar surface area (TPSA) is 34.1 Å². The van der Waals surface area contributed by atoms with Crippen LogP contribution in [0.5, 0.6) is 0 Å². The number of benzene rings is 2. The maximum absolute atomic E-state index is 12.6. The lowest BCUT2D eigenvalue weighted by Crippen LogP contribution is -2.15. The zero-order chi connectivity index (χ0) is 18.3. The molecule has 0 spiro atoms. The van der Waals surface area contributed by atoms with E-state index in [4.69, 9.17) is 0 Å². The monoisotopic (exact) mass is 324 g/mol. The van der Waals surface area contributed by atoms with Gasteiger partial charge in [-0.2, -0.15) is 0 Å². The summed E-state index contributed by atoms with van der Waals surface area (Å²) in [6, 6.07) is 8.49. The predicted octanol–water partition coefficient (Wildman–Crippen LogP) is 5.51. The Morgan fingerprint density at radius 2 is 1.38 bits per heavy atom. The lowest BCUT2D eigenvalue weighted by molar-refractivity contribution is -0.107. The number of fused-ring (bicyclic) bond motifs is 1. The van der Waals surface area contributed by atoms with Crippen LogP contribution >= 0.6 is 0 Å². The molecule has 0 saturated carbocycles. The minimum Gasteiger partial charge on any atom is -0.303 e. The van der Waals surface area contributed by atoms with E-state index in [1.54, 1.807) is 0 Å². The second-order valence-corrected chi connectivity index (χ2v) is 8.71. The summed E-state index contributed by atoms with van der Waals surface area (Å²) >= 11 is 0. The molecule has 0 atom stereocenters.